The average Bonchev–Trinajstić information content (AvgIpc) is 2.01. The molecule has 0 saturated carbocycles. The molecule has 74 valence electrons. The van der Waals surface area contributed by atoms with E-state index in [9.17, 15) is 0 Å². The van der Waals surface area contributed by atoms with Gasteiger partial charge in [-0.2, -0.15) is 0 Å². The summed E-state index contributed by atoms with van der Waals surface area (Å²) in [4.78, 5) is 2.18. The summed E-state index contributed by atoms with van der Waals surface area (Å²) in [5.41, 5.74) is 0. The van der Waals surface area contributed by atoms with E-state index >= 15 is 0 Å². The summed E-state index contributed by atoms with van der Waals surface area (Å²) >= 11 is 0. The van der Waals surface area contributed by atoms with E-state index in [1.165, 1.54) is 0 Å². The van der Waals surface area contributed by atoms with Crippen LogP contribution in [0, 0.1) is 0 Å². The van der Waals surface area contributed by atoms with Crippen LogP contribution in [-0.2, 0) is 0 Å². The second-order valence-electron chi connectivity index (χ2n) is 3.37. The second-order valence-corrected chi connectivity index (χ2v) is 3.37. The molecular weight excluding hydrogens is 154 g/mol. The number of hydrogen-bond acceptors (Lipinski definition) is 3. The molecular formula is C9H21NO2. The van der Waals surface area contributed by atoms with Gasteiger partial charge in [-0.3, -0.25) is 0 Å². The SMILES string of the molecule is CC(O)CCN(C)CCCCO. The van der Waals surface area contributed by atoms with Crippen LogP contribution >= 0.6 is 0 Å². The van der Waals surface area contributed by atoms with E-state index in [2.05, 4.69) is 4.90 Å². The van der Waals surface area contributed by atoms with Gasteiger partial charge in [0, 0.05) is 13.2 Å². The Hall–Kier alpha value is -0.120. The molecule has 0 aliphatic carbocycles. The van der Waals surface area contributed by atoms with Gasteiger partial charge in [-0.15, -0.1) is 0 Å². The fourth-order valence-corrected chi connectivity index (χ4v) is 1.01. The largest absolute Gasteiger partial charge is 0.396 e. The highest BCUT2D eigenvalue weighted by Gasteiger charge is 2.00. The Morgan fingerprint density at radius 2 is 1.92 bits per heavy atom. The van der Waals surface area contributed by atoms with Gasteiger partial charge in [0.25, 0.3) is 0 Å². The van der Waals surface area contributed by atoms with Crippen LogP contribution in [0.4, 0.5) is 0 Å². The van der Waals surface area contributed by atoms with Crippen LogP contribution in [0.2, 0.25) is 0 Å². The van der Waals surface area contributed by atoms with Crippen LogP contribution in [0.5, 0.6) is 0 Å². The van der Waals surface area contributed by atoms with Gasteiger partial charge in [0.1, 0.15) is 0 Å². The molecule has 0 amide bonds. The fraction of sp³-hybridized carbons (Fsp3) is 1.00. The van der Waals surface area contributed by atoms with E-state index in [4.69, 9.17) is 10.2 Å². The number of aliphatic hydroxyl groups excluding tert-OH is 2. The van der Waals surface area contributed by atoms with Crippen molar-refractivity contribution in [1.82, 2.24) is 4.90 Å². The smallest absolute Gasteiger partial charge is 0.0524 e. The molecule has 0 radical (unpaired) electrons. The van der Waals surface area contributed by atoms with Crippen molar-refractivity contribution in [2.24, 2.45) is 0 Å². The van der Waals surface area contributed by atoms with Crippen molar-refractivity contribution in [1.29, 1.82) is 0 Å². The van der Waals surface area contributed by atoms with Crippen molar-refractivity contribution in [3.63, 3.8) is 0 Å². The van der Waals surface area contributed by atoms with Crippen LogP contribution < -0.4 is 0 Å². The lowest BCUT2D eigenvalue weighted by Crippen LogP contribution is -2.23. The first-order valence-corrected chi connectivity index (χ1v) is 4.64. The number of nitrogens with zero attached hydrogens (tertiary/aromatic N) is 1. The summed E-state index contributed by atoms with van der Waals surface area (Å²) in [6.07, 6.45) is 2.53. The van der Waals surface area contributed by atoms with Crippen molar-refractivity contribution in [3.8, 4) is 0 Å². The number of aliphatic hydroxyl groups is 2. The maximum absolute atomic E-state index is 9.01. The van der Waals surface area contributed by atoms with E-state index in [1.54, 1.807) is 0 Å². The Kier molecular flexibility index (Phi) is 7.45. The van der Waals surface area contributed by atoms with E-state index in [-0.39, 0.29) is 12.7 Å². The van der Waals surface area contributed by atoms with Crippen LogP contribution in [-0.4, -0.2) is 48.0 Å². The second kappa shape index (κ2) is 7.53. The topological polar surface area (TPSA) is 43.7 Å². The molecule has 0 aromatic carbocycles. The fourth-order valence-electron chi connectivity index (χ4n) is 1.01. The molecule has 12 heavy (non-hydrogen) atoms. The number of hydrogen-bond donors (Lipinski definition) is 2. The number of unbranched alkanes of at least 4 members (excludes halogenated alkanes) is 1. The minimum atomic E-state index is -0.203. The monoisotopic (exact) mass is 175 g/mol. The van der Waals surface area contributed by atoms with Crippen LogP contribution in [0.15, 0.2) is 0 Å². The molecule has 0 saturated heterocycles. The normalized spacial score (nSPS) is 13.8. The summed E-state index contributed by atoms with van der Waals surface area (Å²) in [6, 6.07) is 0. The van der Waals surface area contributed by atoms with Crippen molar-refractivity contribution in [2.75, 3.05) is 26.7 Å². The molecule has 1 unspecified atom stereocenters. The first kappa shape index (κ1) is 11.9. The molecule has 2 N–H and O–H groups in total. The lowest BCUT2D eigenvalue weighted by Gasteiger charge is -2.16. The first-order chi connectivity index (χ1) is 5.66. The lowest BCUT2D eigenvalue weighted by molar-refractivity contribution is 0.163. The zero-order valence-electron chi connectivity index (χ0n) is 8.16. The van der Waals surface area contributed by atoms with Crippen molar-refractivity contribution < 1.29 is 10.2 Å². The van der Waals surface area contributed by atoms with Gasteiger partial charge in [-0.05, 0) is 39.8 Å². The summed E-state index contributed by atoms with van der Waals surface area (Å²) in [6.45, 7) is 4.03. The molecule has 0 aliphatic rings. The molecule has 0 heterocycles. The standard InChI is InChI=1S/C9H21NO2/c1-9(12)5-7-10(2)6-3-4-8-11/h9,11-12H,3-8H2,1-2H3. The van der Waals surface area contributed by atoms with Crippen LogP contribution in [0.25, 0.3) is 0 Å². The third-order valence-electron chi connectivity index (χ3n) is 1.88. The molecule has 0 aromatic heterocycles. The Balaban J connectivity index is 3.15. The first-order valence-electron chi connectivity index (χ1n) is 4.64. The van der Waals surface area contributed by atoms with E-state index < -0.39 is 0 Å². The van der Waals surface area contributed by atoms with Crippen molar-refractivity contribution in [2.45, 2.75) is 32.3 Å². The Labute approximate surface area is 75.0 Å². The number of rotatable bonds is 7. The Morgan fingerprint density at radius 3 is 2.42 bits per heavy atom. The predicted octanol–water partition coefficient (Wildman–Crippen LogP) is 0.462. The Bertz CT molecular complexity index is 96.5. The quantitative estimate of drug-likeness (QED) is 0.553. The zero-order chi connectivity index (χ0) is 9.40. The van der Waals surface area contributed by atoms with E-state index in [1.807, 2.05) is 14.0 Å². The molecule has 1 atom stereocenters. The van der Waals surface area contributed by atoms with E-state index in [0.717, 1.165) is 32.4 Å². The maximum Gasteiger partial charge on any atom is 0.0524 e. The van der Waals surface area contributed by atoms with Crippen LogP contribution in [0.1, 0.15) is 26.2 Å². The summed E-state index contributed by atoms with van der Waals surface area (Å²) in [5.74, 6) is 0. The molecule has 3 nitrogen and oxygen atoms in total. The zero-order valence-corrected chi connectivity index (χ0v) is 8.16. The molecule has 0 bridgehead atoms. The molecule has 0 fully saturated rings. The molecule has 0 aliphatic heterocycles. The van der Waals surface area contributed by atoms with Gasteiger partial charge in [-0.25, -0.2) is 0 Å². The molecule has 0 spiro atoms. The van der Waals surface area contributed by atoms with Gasteiger partial charge in [0.05, 0.1) is 6.10 Å². The van der Waals surface area contributed by atoms with Gasteiger partial charge in [-0.1, -0.05) is 0 Å². The Morgan fingerprint density at radius 1 is 1.25 bits per heavy atom. The average molecular weight is 175 g/mol. The van der Waals surface area contributed by atoms with E-state index in [0.29, 0.717) is 0 Å². The van der Waals surface area contributed by atoms with Crippen molar-refractivity contribution >= 4 is 0 Å². The molecule has 3 heteroatoms. The molecule has 0 aromatic rings. The van der Waals surface area contributed by atoms with Gasteiger partial charge >= 0.3 is 0 Å². The summed E-state index contributed by atoms with van der Waals surface area (Å²) in [7, 11) is 2.04. The molecule has 0 rings (SSSR count). The minimum absolute atomic E-state index is 0.203. The third-order valence-corrected chi connectivity index (χ3v) is 1.88. The summed E-state index contributed by atoms with van der Waals surface area (Å²) < 4.78 is 0. The maximum atomic E-state index is 9.01. The minimum Gasteiger partial charge on any atom is -0.396 e. The third kappa shape index (κ3) is 7.98. The highest BCUT2D eigenvalue weighted by molar-refractivity contribution is 4.55. The van der Waals surface area contributed by atoms with Gasteiger partial charge in [0.2, 0.25) is 0 Å². The predicted molar refractivity (Wildman–Crippen MR) is 50.1 cm³/mol. The highest BCUT2D eigenvalue weighted by Crippen LogP contribution is 1.96. The van der Waals surface area contributed by atoms with Gasteiger partial charge in [0.15, 0.2) is 0 Å². The lowest BCUT2D eigenvalue weighted by atomic mass is 10.2. The van der Waals surface area contributed by atoms with Crippen molar-refractivity contribution in [3.05, 3.63) is 0 Å². The van der Waals surface area contributed by atoms with Crippen LogP contribution in [0.3, 0.4) is 0 Å². The van der Waals surface area contributed by atoms with Gasteiger partial charge < -0.3 is 15.1 Å². The highest BCUT2D eigenvalue weighted by atomic mass is 16.3. The summed E-state index contributed by atoms with van der Waals surface area (Å²) in [5, 5.41) is 17.5.